The Balaban J connectivity index is 2.65. The zero-order chi connectivity index (χ0) is 18.7. The molecule has 1 aliphatic rings. The largest absolute Gasteiger partial charge is 0.467 e. The van der Waals surface area contributed by atoms with Crippen molar-refractivity contribution in [3.05, 3.63) is 32.3 Å². The van der Waals surface area contributed by atoms with Gasteiger partial charge in [0.05, 0.1) is 18.6 Å². The predicted molar refractivity (Wildman–Crippen MR) is 89.0 cm³/mol. The number of aryl methyl sites for hydroxylation is 1. The minimum Gasteiger partial charge on any atom is -0.467 e. The molecule has 0 N–H and O–H groups in total. The van der Waals surface area contributed by atoms with E-state index in [1.165, 1.54) is 13.0 Å². The molecule has 0 aromatic heterocycles. The van der Waals surface area contributed by atoms with Gasteiger partial charge in [-0.3, -0.25) is 19.8 Å². The van der Waals surface area contributed by atoms with Crippen molar-refractivity contribution in [1.82, 2.24) is 0 Å². The molecule has 0 bridgehead atoms. The van der Waals surface area contributed by atoms with Crippen LogP contribution in [0.25, 0.3) is 0 Å². The first-order valence-electron chi connectivity index (χ1n) is 7.36. The number of anilines is 1. The van der Waals surface area contributed by atoms with E-state index in [9.17, 15) is 24.5 Å². The van der Waals surface area contributed by atoms with E-state index in [1.807, 2.05) is 0 Å². The number of amides is 1. The Labute approximate surface area is 151 Å². The van der Waals surface area contributed by atoms with Crippen LogP contribution in [0.5, 0.6) is 0 Å². The second-order valence-corrected chi connectivity index (χ2v) is 6.08. The molecule has 0 saturated heterocycles. The fourth-order valence-corrected chi connectivity index (χ4v) is 3.21. The van der Waals surface area contributed by atoms with E-state index in [1.54, 1.807) is 6.07 Å². The van der Waals surface area contributed by atoms with Gasteiger partial charge in [-0.15, -0.1) is 0 Å². The summed E-state index contributed by atoms with van der Waals surface area (Å²) in [5.74, 6) is -3.11. The minimum atomic E-state index is -1.19. The van der Waals surface area contributed by atoms with Crippen LogP contribution < -0.4 is 4.90 Å². The van der Waals surface area contributed by atoms with E-state index in [4.69, 9.17) is 4.74 Å². The number of nitro groups is 1. The van der Waals surface area contributed by atoms with Crippen LogP contribution in [0.2, 0.25) is 0 Å². The predicted octanol–water partition coefficient (Wildman–Crippen LogP) is 1.74. The number of carbonyl (C=O) groups is 3. The number of fused-ring (bicyclic) bond motifs is 1. The van der Waals surface area contributed by atoms with Gasteiger partial charge in [0, 0.05) is 10.5 Å². The first-order chi connectivity index (χ1) is 11.8. The summed E-state index contributed by atoms with van der Waals surface area (Å²) in [5, 5.41) is 11.4. The molecule has 0 saturated carbocycles. The Hall–Kier alpha value is -2.49. The number of hydrogen-bond donors (Lipinski definition) is 0. The Kier molecular flexibility index (Phi) is 5.73. The number of ether oxygens (including phenoxy) is 2. The summed E-state index contributed by atoms with van der Waals surface area (Å²) >= 11 is 3.19. The smallest absolute Gasteiger partial charge is 0.397 e. The molecule has 0 aliphatic carbocycles. The van der Waals surface area contributed by atoms with E-state index in [-0.39, 0.29) is 18.7 Å². The number of hydrogen-bond acceptors (Lipinski definition) is 7. The van der Waals surface area contributed by atoms with Gasteiger partial charge < -0.3 is 9.47 Å². The number of nitro benzene ring substituents is 1. The highest BCUT2D eigenvalue weighted by Crippen LogP contribution is 2.41. The zero-order valence-corrected chi connectivity index (χ0v) is 15.1. The summed E-state index contributed by atoms with van der Waals surface area (Å²) in [7, 11) is 1.14. The highest BCUT2D eigenvalue weighted by atomic mass is 79.9. The molecule has 1 atom stereocenters. The molecule has 1 unspecified atom stereocenters. The Bertz CT molecular complexity index is 750. The number of methoxy groups -OCH3 is 1. The average Bonchev–Trinajstić information content (AvgIpc) is 2.58. The van der Waals surface area contributed by atoms with Gasteiger partial charge in [-0.2, -0.15) is 0 Å². The van der Waals surface area contributed by atoms with Gasteiger partial charge in [-0.25, -0.2) is 9.59 Å². The van der Waals surface area contributed by atoms with Gasteiger partial charge in [0.15, 0.2) is 0 Å². The maximum Gasteiger partial charge on any atom is 0.397 e. The summed E-state index contributed by atoms with van der Waals surface area (Å²) in [4.78, 5) is 48.1. The fourth-order valence-electron chi connectivity index (χ4n) is 2.72. The number of nitrogens with zero attached hydrogens (tertiary/aromatic N) is 2. The molecular formula is C15H15BrN2O7. The average molecular weight is 415 g/mol. The fraction of sp³-hybridized carbons (Fsp3) is 0.400. The van der Waals surface area contributed by atoms with Gasteiger partial charge in [0.25, 0.3) is 5.69 Å². The third-order valence-electron chi connectivity index (χ3n) is 3.71. The van der Waals surface area contributed by atoms with E-state index >= 15 is 0 Å². The van der Waals surface area contributed by atoms with Crippen LogP contribution in [0.15, 0.2) is 16.6 Å². The Morgan fingerprint density at radius 3 is 2.64 bits per heavy atom. The van der Waals surface area contributed by atoms with Crippen LogP contribution in [0.4, 0.5) is 11.4 Å². The van der Waals surface area contributed by atoms with Crippen molar-refractivity contribution in [2.24, 2.45) is 0 Å². The van der Waals surface area contributed by atoms with Crippen LogP contribution in [0.3, 0.4) is 0 Å². The second-order valence-electron chi connectivity index (χ2n) is 5.16. The van der Waals surface area contributed by atoms with Crippen molar-refractivity contribution in [1.29, 1.82) is 0 Å². The molecule has 134 valence electrons. The number of rotatable bonds is 3. The van der Waals surface area contributed by atoms with Crippen LogP contribution in [-0.2, 0) is 30.3 Å². The molecule has 1 aliphatic heterocycles. The lowest BCUT2D eigenvalue weighted by atomic mass is 9.94. The molecule has 9 nitrogen and oxygen atoms in total. The van der Waals surface area contributed by atoms with Crippen LogP contribution in [-0.4, -0.2) is 42.5 Å². The van der Waals surface area contributed by atoms with Crippen molar-refractivity contribution in [3.8, 4) is 0 Å². The van der Waals surface area contributed by atoms with Crippen molar-refractivity contribution < 1.29 is 28.8 Å². The molecule has 1 amide bonds. The lowest BCUT2D eigenvalue weighted by molar-refractivity contribution is -0.384. The quantitative estimate of drug-likeness (QED) is 0.320. The number of halogens is 1. The van der Waals surface area contributed by atoms with Gasteiger partial charge in [-0.05, 0) is 31.4 Å². The van der Waals surface area contributed by atoms with E-state index < -0.39 is 34.5 Å². The number of benzene rings is 1. The third kappa shape index (κ3) is 3.63. The number of carbonyl (C=O) groups excluding carboxylic acids is 3. The van der Waals surface area contributed by atoms with Gasteiger partial charge in [0.2, 0.25) is 0 Å². The van der Waals surface area contributed by atoms with Crippen molar-refractivity contribution >= 4 is 45.2 Å². The lowest BCUT2D eigenvalue weighted by Gasteiger charge is -2.34. The van der Waals surface area contributed by atoms with E-state index in [0.717, 1.165) is 12.0 Å². The van der Waals surface area contributed by atoms with Crippen molar-refractivity contribution in [2.45, 2.75) is 25.8 Å². The van der Waals surface area contributed by atoms with E-state index in [2.05, 4.69) is 20.7 Å². The molecule has 0 radical (unpaired) electrons. The molecule has 1 heterocycles. The minimum absolute atomic E-state index is 0.0450. The summed E-state index contributed by atoms with van der Waals surface area (Å²) in [6.45, 7) is 1.48. The van der Waals surface area contributed by atoms with E-state index in [0.29, 0.717) is 16.5 Å². The molecular weight excluding hydrogens is 400 g/mol. The second kappa shape index (κ2) is 7.60. The highest BCUT2D eigenvalue weighted by molar-refractivity contribution is 9.10. The summed E-state index contributed by atoms with van der Waals surface area (Å²) in [6, 6.07) is 1.68. The summed E-state index contributed by atoms with van der Waals surface area (Å²) < 4.78 is 9.84. The van der Waals surface area contributed by atoms with Crippen molar-refractivity contribution in [3.63, 3.8) is 0 Å². The zero-order valence-electron chi connectivity index (χ0n) is 13.5. The van der Waals surface area contributed by atoms with Crippen LogP contribution >= 0.6 is 15.9 Å². The maximum absolute atomic E-state index is 12.6. The standard InChI is InChI=1S/C15H15BrN2O7/c1-3-25-15(21)13(19)17-10(14(20)24-2)5-4-8-6-9(16)7-11(12(8)17)18(22)23/h6-7,10H,3-5H2,1-2H3. The molecule has 1 aromatic carbocycles. The molecule has 10 heteroatoms. The highest BCUT2D eigenvalue weighted by Gasteiger charge is 2.43. The molecule has 0 spiro atoms. The SMILES string of the molecule is CCOC(=O)C(=O)N1c2c(cc(Br)cc2[N+](=O)[O-])CCC1C(=O)OC. The molecule has 25 heavy (non-hydrogen) atoms. The lowest BCUT2D eigenvalue weighted by Crippen LogP contribution is -2.51. The molecule has 2 rings (SSSR count). The normalized spacial score (nSPS) is 16.0. The van der Waals surface area contributed by atoms with Crippen molar-refractivity contribution in [2.75, 3.05) is 18.6 Å². The third-order valence-corrected chi connectivity index (χ3v) is 4.17. The maximum atomic E-state index is 12.6. The topological polar surface area (TPSA) is 116 Å². The van der Waals surface area contributed by atoms with Crippen LogP contribution in [0, 0.1) is 10.1 Å². The number of esters is 2. The Morgan fingerprint density at radius 1 is 1.40 bits per heavy atom. The summed E-state index contributed by atoms with van der Waals surface area (Å²) in [5.41, 5.74) is -0.0117. The molecule has 0 fully saturated rings. The first kappa shape index (κ1) is 18.8. The first-order valence-corrected chi connectivity index (χ1v) is 8.16. The Morgan fingerprint density at radius 2 is 2.08 bits per heavy atom. The van der Waals surface area contributed by atoms with Gasteiger partial charge in [0.1, 0.15) is 11.7 Å². The molecule has 1 aromatic rings. The van der Waals surface area contributed by atoms with Gasteiger partial charge >= 0.3 is 17.8 Å². The van der Waals surface area contributed by atoms with Crippen LogP contribution in [0.1, 0.15) is 18.9 Å². The monoisotopic (exact) mass is 414 g/mol. The van der Waals surface area contributed by atoms with Gasteiger partial charge in [-0.1, -0.05) is 15.9 Å². The summed E-state index contributed by atoms with van der Waals surface area (Å²) in [6.07, 6.45) is 0.473.